The number of halogens is 3. The van der Waals surface area contributed by atoms with E-state index < -0.39 is 0 Å². The Kier molecular flexibility index (Phi) is 7.00. The SMILES string of the molecule is Cc1cc(OCCCC(Cn2cncn2)c2ccc(Cl)cc2Cl)ccc1Cl. The Labute approximate surface area is 174 Å². The van der Waals surface area contributed by atoms with Crippen LogP contribution in [-0.2, 0) is 6.54 Å². The zero-order valence-electron chi connectivity index (χ0n) is 14.9. The Morgan fingerprint density at radius 2 is 1.93 bits per heavy atom. The molecule has 7 heteroatoms. The van der Waals surface area contributed by atoms with Crippen molar-refractivity contribution in [2.45, 2.75) is 32.2 Å². The molecule has 1 aromatic heterocycles. The van der Waals surface area contributed by atoms with E-state index >= 15 is 0 Å². The minimum absolute atomic E-state index is 0.187. The summed E-state index contributed by atoms with van der Waals surface area (Å²) < 4.78 is 7.68. The Balaban J connectivity index is 1.63. The molecule has 3 aromatic rings. The number of hydrogen-bond acceptors (Lipinski definition) is 3. The molecular formula is C20H20Cl3N3O. The average molecular weight is 425 g/mol. The van der Waals surface area contributed by atoms with Crippen LogP contribution in [0.4, 0.5) is 0 Å². The van der Waals surface area contributed by atoms with E-state index in [1.165, 1.54) is 6.33 Å². The molecular weight excluding hydrogens is 405 g/mol. The van der Waals surface area contributed by atoms with Gasteiger partial charge in [0.15, 0.2) is 0 Å². The summed E-state index contributed by atoms with van der Waals surface area (Å²) in [5.41, 5.74) is 2.06. The second-order valence-corrected chi connectivity index (χ2v) is 7.63. The van der Waals surface area contributed by atoms with E-state index in [0.29, 0.717) is 23.2 Å². The van der Waals surface area contributed by atoms with Gasteiger partial charge in [0.25, 0.3) is 0 Å². The highest BCUT2D eigenvalue weighted by Crippen LogP contribution is 2.31. The molecule has 0 N–H and O–H groups in total. The fraction of sp³-hybridized carbons (Fsp3) is 0.300. The molecule has 0 radical (unpaired) electrons. The van der Waals surface area contributed by atoms with Crippen LogP contribution in [0.25, 0.3) is 0 Å². The first-order chi connectivity index (χ1) is 13.0. The molecule has 27 heavy (non-hydrogen) atoms. The fourth-order valence-corrected chi connectivity index (χ4v) is 3.64. The Bertz CT molecular complexity index is 884. The molecule has 2 aromatic carbocycles. The highest BCUT2D eigenvalue weighted by atomic mass is 35.5. The van der Waals surface area contributed by atoms with Crippen LogP contribution in [0.15, 0.2) is 49.1 Å². The predicted molar refractivity (Wildman–Crippen MR) is 110 cm³/mol. The average Bonchev–Trinajstić information content (AvgIpc) is 3.14. The molecule has 0 saturated carbocycles. The van der Waals surface area contributed by atoms with Crippen molar-refractivity contribution in [2.24, 2.45) is 0 Å². The van der Waals surface area contributed by atoms with Crippen molar-refractivity contribution in [3.63, 3.8) is 0 Å². The van der Waals surface area contributed by atoms with Gasteiger partial charge >= 0.3 is 0 Å². The van der Waals surface area contributed by atoms with E-state index in [-0.39, 0.29) is 5.92 Å². The smallest absolute Gasteiger partial charge is 0.137 e. The number of rotatable bonds is 8. The molecule has 0 bridgehead atoms. The van der Waals surface area contributed by atoms with E-state index in [0.717, 1.165) is 34.7 Å². The maximum atomic E-state index is 6.43. The van der Waals surface area contributed by atoms with E-state index in [4.69, 9.17) is 39.5 Å². The monoisotopic (exact) mass is 423 g/mol. The van der Waals surface area contributed by atoms with Crippen LogP contribution < -0.4 is 4.74 Å². The standard InChI is InChI=1S/C20H20Cl3N3O/c1-14-9-17(5-7-19(14)22)27-8-2-3-15(11-26-13-24-12-25-26)18-6-4-16(21)10-20(18)23/h4-7,9-10,12-13,15H,2-3,8,11H2,1H3. The predicted octanol–water partition coefficient (Wildman–Crippen LogP) is 6.19. The van der Waals surface area contributed by atoms with Crippen LogP contribution in [0.5, 0.6) is 5.75 Å². The summed E-state index contributed by atoms with van der Waals surface area (Å²) in [7, 11) is 0. The summed E-state index contributed by atoms with van der Waals surface area (Å²) in [5.74, 6) is 1.02. The quantitative estimate of drug-likeness (QED) is 0.405. The maximum Gasteiger partial charge on any atom is 0.137 e. The second kappa shape index (κ2) is 9.45. The summed E-state index contributed by atoms with van der Waals surface area (Å²) in [4.78, 5) is 4.02. The molecule has 142 valence electrons. The largest absolute Gasteiger partial charge is 0.494 e. The third-order valence-electron chi connectivity index (χ3n) is 4.37. The molecule has 0 aliphatic carbocycles. The number of nitrogens with zero attached hydrogens (tertiary/aromatic N) is 3. The van der Waals surface area contributed by atoms with Crippen molar-refractivity contribution in [1.82, 2.24) is 14.8 Å². The first-order valence-electron chi connectivity index (χ1n) is 8.69. The molecule has 0 aliphatic rings. The topological polar surface area (TPSA) is 39.9 Å². The third kappa shape index (κ3) is 5.61. The van der Waals surface area contributed by atoms with Gasteiger partial charge in [-0.2, -0.15) is 5.10 Å². The zero-order chi connectivity index (χ0) is 19.2. The first-order valence-corrected chi connectivity index (χ1v) is 9.82. The molecule has 3 rings (SSSR count). The van der Waals surface area contributed by atoms with Crippen molar-refractivity contribution < 1.29 is 4.74 Å². The highest BCUT2D eigenvalue weighted by Gasteiger charge is 2.16. The summed E-state index contributed by atoms with van der Waals surface area (Å²) >= 11 is 18.5. The van der Waals surface area contributed by atoms with E-state index in [1.807, 2.05) is 41.9 Å². The van der Waals surface area contributed by atoms with Crippen molar-refractivity contribution in [3.8, 4) is 5.75 Å². The van der Waals surface area contributed by atoms with E-state index in [9.17, 15) is 0 Å². The second-order valence-electron chi connectivity index (χ2n) is 6.38. The molecule has 4 nitrogen and oxygen atoms in total. The normalized spacial score (nSPS) is 12.1. The van der Waals surface area contributed by atoms with E-state index in [2.05, 4.69) is 10.1 Å². The number of hydrogen-bond donors (Lipinski definition) is 0. The van der Waals surface area contributed by atoms with Crippen LogP contribution in [0.1, 0.15) is 29.9 Å². The van der Waals surface area contributed by atoms with Crippen LogP contribution in [0.2, 0.25) is 15.1 Å². The van der Waals surface area contributed by atoms with Gasteiger partial charge in [-0.25, -0.2) is 4.98 Å². The molecule has 0 amide bonds. The molecule has 0 spiro atoms. The molecule has 0 fully saturated rings. The van der Waals surface area contributed by atoms with Crippen LogP contribution >= 0.6 is 34.8 Å². The van der Waals surface area contributed by atoms with Gasteiger partial charge < -0.3 is 4.74 Å². The summed E-state index contributed by atoms with van der Waals surface area (Å²) in [6, 6.07) is 11.3. The lowest BCUT2D eigenvalue weighted by Crippen LogP contribution is -2.12. The first kappa shape index (κ1) is 20.0. The van der Waals surface area contributed by atoms with Crippen molar-refractivity contribution in [2.75, 3.05) is 6.61 Å². The Hall–Kier alpha value is -1.75. The molecule has 0 saturated heterocycles. The Morgan fingerprint density at radius 3 is 2.63 bits per heavy atom. The van der Waals surface area contributed by atoms with Gasteiger partial charge in [-0.05, 0) is 61.2 Å². The van der Waals surface area contributed by atoms with Gasteiger partial charge in [-0.1, -0.05) is 40.9 Å². The zero-order valence-corrected chi connectivity index (χ0v) is 17.2. The molecule has 0 aliphatic heterocycles. The van der Waals surface area contributed by atoms with Gasteiger partial charge in [0, 0.05) is 27.5 Å². The summed E-state index contributed by atoms with van der Waals surface area (Å²) in [6.45, 7) is 3.27. The van der Waals surface area contributed by atoms with Crippen molar-refractivity contribution in [1.29, 1.82) is 0 Å². The number of aromatic nitrogens is 3. The number of ether oxygens (including phenoxy) is 1. The molecule has 1 heterocycles. The number of benzene rings is 2. The number of aryl methyl sites for hydroxylation is 1. The molecule has 1 atom stereocenters. The van der Waals surface area contributed by atoms with E-state index in [1.54, 1.807) is 12.4 Å². The van der Waals surface area contributed by atoms with Gasteiger partial charge in [0.1, 0.15) is 18.4 Å². The van der Waals surface area contributed by atoms with Crippen molar-refractivity contribution in [3.05, 3.63) is 75.2 Å². The van der Waals surface area contributed by atoms with Gasteiger partial charge in [-0.15, -0.1) is 0 Å². The van der Waals surface area contributed by atoms with Crippen molar-refractivity contribution >= 4 is 34.8 Å². The van der Waals surface area contributed by atoms with Crippen LogP contribution in [-0.4, -0.2) is 21.4 Å². The van der Waals surface area contributed by atoms with Crippen LogP contribution in [0, 0.1) is 6.92 Å². The summed E-state index contributed by atoms with van der Waals surface area (Å²) in [5, 5.41) is 6.26. The minimum Gasteiger partial charge on any atom is -0.494 e. The van der Waals surface area contributed by atoms with Gasteiger partial charge in [-0.3, -0.25) is 4.68 Å². The maximum absolute atomic E-state index is 6.43. The minimum atomic E-state index is 0.187. The lowest BCUT2D eigenvalue weighted by Gasteiger charge is -2.19. The lowest BCUT2D eigenvalue weighted by molar-refractivity contribution is 0.297. The third-order valence-corrected chi connectivity index (χ3v) is 5.36. The Morgan fingerprint density at radius 1 is 1.07 bits per heavy atom. The molecule has 1 unspecified atom stereocenters. The lowest BCUT2D eigenvalue weighted by atomic mass is 9.94. The summed E-state index contributed by atoms with van der Waals surface area (Å²) in [6.07, 6.45) is 5.02. The van der Waals surface area contributed by atoms with Crippen LogP contribution in [0.3, 0.4) is 0 Å². The van der Waals surface area contributed by atoms with Gasteiger partial charge in [0.05, 0.1) is 6.61 Å². The fourth-order valence-electron chi connectivity index (χ4n) is 2.96. The van der Waals surface area contributed by atoms with Gasteiger partial charge in [0.2, 0.25) is 0 Å². The highest BCUT2D eigenvalue weighted by molar-refractivity contribution is 6.35.